The zero-order valence-electron chi connectivity index (χ0n) is 15.3. The summed E-state index contributed by atoms with van der Waals surface area (Å²) in [7, 11) is 0. The number of ether oxygens (including phenoxy) is 1. The highest BCUT2D eigenvalue weighted by molar-refractivity contribution is 6.30. The van der Waals surface area contributed by atoms with Crippen molar-refractivity contribution >= 4 is 35.2 Å². The molecule has 2 aromatic carbocycles. The summed E-state index contributed by atoms with van der Waals surface area (Å²) in [5, 5.41) is 5.72. The molecule has 1 heterocycles. The molecular weight excluding hydrogens is 398 g/mol. The van der Waals surface area contributed by atoms with Gasteiger partial charge in [0.05, 0.1) is 11.1 Å². The van der Waals surface area contributed by atoms with Crippen molar-refractivity contribution in [3.63, 3.8) is 0 Å². The molecule has 0 saturated carbocycles. The second-order valence-corrected chi connectivity index (χ2v) is 6.62. The molecule has 0 radical (unpaired) electrons. The minimum atomic E-state index is -0.494. The molecule has 2 N–H and O–H groups in total. The van der Waals surface area contributed by atoms with Crippen molar-refractivity contribution in [2.24, 2.45) is 0 Å². The van der Waals surface area contributed by atoms with E-state index < -0.39 is 17.7 Å². The highest BCUT2D eigenvalue weighted by Crippen LogP contribution is 2.21. The maximum Gasteiger partial charge on any atom is 0.262 e. The lowest BCUT2D eigenvalue weighted by Crippen LogP contribution is -2.43. The second kappa shape index (κ2) is 9.20. The first-order valence-corrected chi connectivity index (χ1v) is 9.20. The van der Waals surface area contributed by atoms with E-state index in [2.05, 4.69) is 10.6 Å². The molecule has 150 valence electrons. The van der Waals surface area contributed by atoms with Crippen LogP contribution in [0.15, 0.2) is 48.5 Å². The highest BCUT2D eigenvalue weighted by atomic mass is 35.5. The Kier molecular flexibility index (Phi) is 6.46. The van der Waals surface area contributed by atoms with Gasteiger partial charge in [0.1, 0.15) is 12.3 Å². The Morgan fingerprint density at radius 3 is 2.00 bits per heavy atom. The van der Waals surface area contributed by atoms with E-state index >= 15 is 0 Å². The molecule has 9 heteroatoms. The Morgan fingerprint density at radius 1 is 0.862 bits per heavy atom. The normalized spacial score (nSPS) is 12.5. The molecule has 0 spiro atoms. The molecule has 2 aromatic rings. The van der Waals surface area contributed by atoms with Gasteiger partial charge < -0.3 is 15.4 Å². The van der Waals surface area contributed by atoms with Crippen molar-refractivity contribution in [1.29, 1.82) is 0 Å². The molecular formula is C20H18ClN3O5. The molecule has 0 aliphatic carbocycles. The summed E-state index contributed by atoms with van der Waals surface area (Å²) in [5.74, 6) is -1.32. The van der Waals surface area contributed by atoms with E-state index in [9.17, 15) is 19.2 Å². The fourth-order valence-corrected chi connectivity index (χ4v) is 2.84. The summed E-state index contributed by atoms with van der Waals surface area (Å²) in [4.78, 5) is 49.1. The molecule has 1 aliphatic rings. The Bertz CT molecular complexity index is 910. The van der Waals surface area contributed by atoms with Gasteiger partial charge in [0.25, 0.3) is 17.7 Å². The lowest BCUT2D eigenvalue weighted by Gasteiger charge is -2.14. The van der Waals surface area contributed by atoms with Gasteiger partial charge in [-0.05, 0) is 36.4 Å². The number of benzene rings is 2. The van der Waals surface area contributed by atoms with Crippen molar-refractivity contribution in [3.05, 3.63) is 64.7 Å². The molecule has 3 rings (SSSR count). The van der Waals surface area contributed by atoms with Gasteiger partial charge in [0, 0.05) is 18.1 Å². The number of carbonyl (C=O) groups is 4. The molecule has 0 bridgehead atoms. The molecule has 1 aliphatic heterocycles. The molecule has 4 amide bonds. The van der Waals surface area contributed by atoms with E-state index in [1.54, 1.807) is 48.5 Å². The maximum absolute atomic E-state index is 12.2. The second-order valence-electron chi connectivity index (χ2n) is 6.18. The Hall–Kier alpha value is -3.39. The number of amides is 4. The lowest BCUT2D eigenvalue weighted by molar-refractivity contribution is -0.124. The van der Waals surface area contributed by atoms with Gasteiger partial charge in [-0.15, -0.1) is 0 Å². The minimum Gasteiger partial charge on any atom is -0.484 e. The number of nitrogens with zero attached hydrogens (tertiary/aromatic N) is 1. The summed E-state index contributed by atoms with van der Waals surface area (Å²) >= 11 is 5.77. The SMILES string of the molecule is O=C(COc1ccc(Cl)cc1)NCCNC(=O)CN1C(=O)c2ccccc2C1=O. The molecule has 29 heavy (non-hydrogen) atoms. The van der Waals surface area contributed by atoms with Gasteiger partial charge in [-0.25, -0.2) is 0 Å². The Morgan fingerprint density at radius 2 is 1.41 bits per heavy atom. The summed E-state index contributed by atoms with van der Waals surface area (Å²) in [6.07, 6.45) is 0. The zero-order valence-corrected chi connectivity index (χ0v) is 16.1. The Balaban J connectivity index is 1.35. The standard InChI is InChI=1S/C20H18ClN3O5/c21-13-5-7-14(8-6-13)29-12-18(26)23-10-9-22-17(25)11-24-19(27)15-3-1-2-4-16(15)20(24)28/h1-8H,9-12H2,(H,22,25)(H,23,26). The topological polar surface area (TPSA) is 105 Å². The van der Waals surface area contributed by atoms with Crippen LogP contribution in [0.4, 0.5) is 0 Å². The largest absolute Gasteiger partial charge is 0.484 e. The van der Waals surface area contributed by atoms with E-state index in [0.29, 0.717) is 21.9 Å². The predicted molar refractivity (Wildman–Crippen MR) is 105 cm³/mol. The summed E-state index contributed by atoms with van der Waals surface area (Å²) < 4.78 is 5.30. The van der Waals surface area contributed by atoms with Crippen molar-refractivity contribution in [1.82, 2.24) is 15.5 Å². The van der Waals surface area contributed by atoms with Crippen molar-refractivity contribution in [2.45, 2.75) is 0 Å². The number of imide groups is 1. The first-order valence-electron chi connectivity index (χ1n) is 8.82. The van der Waals surface area contributed by atoms with Crippen LogP contribution in [0.25, 0.3) is 0 Å². The average molecular weight is 416 g/mol. The number of nitrogens with one attached hydrogen (secondary N) is 2. The fourth-order valence-electron chi connectivity index (χ4n) is 2.72. The molecule has 0 saturated heterocycles. The summed E-state index contributed by atoms with van der Waals surface area (Å²) in [6.45, 7) is -0.226. The van der Waals surface area contributed by atoms with Crippen LogP contribution in [0.3, 0.4) is 0 Å². The minimum absolute atomic E-state index is 0.148. The number of fused-ring (bicyclic) bond motifs is 1. The van der Waals surface area contributed by atoms with Crippen LogP contribution in [0.5, 0.6) is 5.75 Å². The highest BCUT2D eigenvalue weighted by Gasteiger charge is 2.36. The van der Waals surface area contributed by atoms with E-state index in [1.165, 1.54) is 0 Å². The van der Waals surface area contributed by atoms with Crippen LogP contribution in [0.2, 0.25) is 5.02 Å². The lowest BCUT2D eigenvalue weighted by atomic mass is 10.1. The van der Waals surface area contributed by atoms with Crippen LogP contribution >= 0.6 is 11.6 Å². The first-order chi connectivity index (χ1) is 14.0. The monoisotopic (exact) mass is 415 g/mol. The smallest absolute Gasteiger partial charge is 0.262 e. The van der Waals surface area contributed by atoms with Crippen LogP contribution < -0.4 is 15.4 Å². The van der Waals surface area contributed by atoms with Crippen LogP contribution in [0.1, 0.15) is 20.7 Å². The van der Waals surface area contributed by atoms with Gasteiger partial charge in [0.2, 0.25) is 5.91 Å². The van der Waals surface area contributed by atoms with Crippen molar-refractivity contribution < 1.29 is 23.9 Å². The number of carbonyl (C=O) groups excluding carboxylic acids is 4. The number of halogens is 1. The van der Waals surface area contributed by atoms with E-state index in [-0.39, 0.29) is 32.1 Å². The number of hydrogen-bond acceptors (Lipinski definition) is 5. The maximum atomic E-state index is 12.2. The average Bonchev–Trinajstić information content (AvgIpc) is 2.96. The molecule has 0 aromatic heterocycles. The molecule has 0 fully saturated rings. The third-order valence-electron chi connectivity index (χ3n) is 4.13. The van der Waals surface area contributed by atoms with E-state index in [4.69, 9.17) is 16.3 Å². The summed E-state index contributed by atoms with van der Waals surface area (Å²) in [6, 6.07) is 13.0. The fraction of sp³-hybridized carbons (Fsp3) is 0.200. The van der Waals surface area contributed by atoms with Gasteiger partial charge in [-0.2, -0.15) is 0 Å². The van der Waals surface area contributed by atoms with Crippen LogP contribution in [0, 0.1) is 0 Å². The summed E-state index contributed by atoms with van der Waals surface area (Å²) in [5.41, 5.74) is 0.580. The van der Waals surface area contributed by atoms with Crippen LogP contribution in [-0.2, 0) is 9.59 Å². The predicted octanol–water partition coefficient (Wildman–Crippen LogP) is 1.25. The van der Waals surface area contributed by atoms with E-state index in [0.717, 1.165) is 4.90 Å². The van der Waals surface area contributed by atoms with Gasteiger partial charge >= 0.3 is 0 Å². The quantitative estimate of drug-likeness (QED) is 0.498. The van der Waals surface area contributed by atoms with Crippen molar-refractivity contribution in [2.75, 3.05) is 26.2 Å². The van der Waals surface area contributed by atoms with E-state index in [1.807, 2.05) is 0 Å². The van der Waals surface area contributed by atoms with Crippen LogP contribution in [-0.4, -0.2) is 54.8 Å². The molecule has 0 unspecified atom stereocenters. The first kappa shape index (κ1) is 20.3. The van der Waals surface area contributed by atoms with Crippen molar-refractivity contribution in [3.8, 4) is 5.75 Å². The van der Waals surface area contributed by atoms with Gasteiger partial charge in [-0.1, -0.05) is 23.7 Å². The zero-order chi connectivity index (χ0) is 20.8. The number of hydrogen-bond donors (Lipinski definition) is 2. The third kappa shape index (κ3) is 5.11. The molecule has 8 nitrogen and oxygen atoms in total. The Labute approximate surface area is 171 Å². The van der Waals surface area contributed by atoms with Gasteiger partial charge in [-0.3, -0.25) is 24.1 Å². The van der Waals surface area contributed by atoms with Gasteiger partial charge in [0.15, 0.2) is 6.61 Å². The molecule has 0 atom stereocenters. The third-order valence-corrected chi connectivity index (χ3v) is 4.38. The number of rotatable bonds is 8.